The Morgan fingerprint density at radius 2 is 1.96 bits per heavy atom. The monoisotopic (exact) mass is 380 g/mol. The molecule has 1 N–H and O–H groups in total. The lowest BCUT2D eigenvalue weighted by Crippen LogP contribution is -2.24. The Hall–Kier alpha value is -2.53. The first-order valence-corrected chi connectivity index (χ1v) is 10.0. The van der Waals surface area contributed by atoms with Gasteiger partial charge in [-0.15, -0.1) is 0 Å². The molecule has 0 fully saturated rings. The summed E-state index contributed by atoms with van der Waals surface area (Å²) in [7, 11) is 1.64. The molecule has 0 aliphatic rings. The van der Waals surface area contributed by atoms with E-state index in [0.717, 1.165) is 39.2 Å². The normalized spacial score (nSPS) is 10.8. The Bertz CT molecular complexity index is 939. The fraction of sp³-hybridized carbons (Fsp3) is 0.273. The Labute approximate surface area is 164 Å². The zero-order valence-electron chi connectivity index (χ0n) is 15.9. The summed E-state index contributed by atoms with van der Waals surface area (Å²) in [6.07, 6.45) is 0.896. The summed E-state index contributed by atoms with van der Waals surface area (Å²) >= 11 is 1.50. The predicted octanol–water partition coefficient (Wildman–Crippen LogP) is 4.52. The van der Waals surface area contributed by atoms with Crippen LogP contribution in [0.4, 0.5) is 0 Å². The summed E-state index contributed by atoms with van der Waals surface area (Å²) in [5.74, 6) is 1.17. The van der Waals surface area contributed by atoms with Gasteiger partial charge in [0.1, 0.15) is 10.8 Å². The van der Waals surface area contributed by atoms with E-state index in [9.17, 15) is 4.79 Å². The molecule has 4 nitrogen and oxygen atoms in total. The number of carbonyl (C=O) groups excluding carboxylic acids is 1. The summed E-state index contributed by atoms with van der Waals surface area (Å²) in [6, 6.07) is 16.1. The highest BCUT2D eigenvalue weighted by Gasteiger charge is 2.10. The minimum atomic E-state index is 0.00421. The van der Waals surface area contributed by atoms with Gasteiger partial charge in [-0.05, 0) is 48.2 Å². The molecule has 1 amide bonds. The smallest absolute Gasteiger partial charge is 0.230 e. The zero-order valence-corrected chi connectivity index (χ0v) is 16.7. The van der Waals surface area contributed by atoms with Crippen molar-refractivity contribution in [2.24, 2.45) is 0 Å². The Balaban J connectivity index is 1.63. The molecule has 3 aromatic rings. The maximum atomic E-state index is 12.3. The van der Waals surface area contributed by atoms with Gasteiger partial charge in [0.25, 0.3) is 0 Å². The highest BCUT2D eigenvalue weighted by molar-refractivity contribution is 7.99. The van der Waals surface area contributed by atoms with E-state index in [0.29, 0.717) is 12.3 Å². The number of para-hydroxylation sites is 1. The number of benzene rings is 2. The minimum Gasteiger partial charge on any atom is -0.497 e. The van der Waals surface area contributed by atoms with Crippen LogP contribution in [0.3, 0.4) is 0 Å². The first-order chi connectivity index (χ1) is 13.1. The van der Waals surface area contributed by atoms with Gasteiger partial charge in [-0.1, -0.05) is 49.0 Å². The van der Waals surface area contributed by atoms with Gasteiger partial charge in [0.05, 0.1) is 18.4 Å². The summed E-state index contributed by atoms with van der Waals surface area (Å²) in [6.45, 7) is 4.69. The number of amides is 1. The molecule has 0 atom stereocenters. The number of rotatable bonds is 7. The van der Waals surface area contributed by atoms with Gasteiger partial charge < -0.3 is 10.1 Å². The van der Waals surface area contributed by atoms with Crippen molar-refractivity contribution >= 4 is 28.6 Å². The molecule has 0 radical (unpaired) electrons. The van der Waals surface area contributed by atoms with Crippen molar-refractivity contribution < 1.29 is 9.53 Å². The average molecular weight is 381 g/mol. The quantitative estimate of drug-likeness (QED) is 0.612. The van der Waals surface area contributed by atoms with E-state index >= 15 is 0 Å². The second-order valence-electron chi connectivity index (χ2n) is 6.37. The van der Waals surface area contributed by atoms with Crippen molar-refractivity contribution in [3.8, 4) is 5.75 Å². The molecule has 0 unspecified atom stereocenters. The maximum Gasteiger partial charge on any atom is 0.230 e. The molecule has 1 aromatic heterocycles. The third-order valence-corrected chi connectivity index (χ3v) is 5.49. The van der Waals surface area contributed by atoms with Crippen molar-refractivity contribution in [3.05, 3.63) is 65.2 Å². The first-order valence-electron chi connectivity index (χ1n) is 9.02. The summed E-state index contributed by atoms with van der Waals surface area (Å²) in [5, 5.41) is 5.06. The number of nitrogens with zero attached hydrogens (tertiary/aromatic N) is 1. The Kier molecular flexibility index (Phi) is 6.35. The predicted molar refractivity (Wildman–Crippen MR) is 111 cm³/mol. The van der Waals surface area contributed by atoms with Crippen LogP contribution in [-0.4, -0.2) is 23.8 Å². The molecule has 0 saturated heterocycles. The third kappa shape index (κ3) is 4.80. The van der Waals surface area contributed by atoms with Gasteiger partial charge >= 0.3 is 0 Å². The van der Waals surface area contributed by atoms with E-state index < -0.39 is 0 Å². The molecular formula is C22H24N2O2S. The lowest BCUT2D eigenvalue weighted by Gasteiger charge is -2.11. The number of pyridine rings is 1. The van der Waals surface area contributed by atoms with Gasteiger partial charge in [-0.3, -0.25) is 4.79 Å². The Morgan fingerprint density at radius 3 is 2.67 bits per heavy atom. The molecule has 27 heavy (non-hydrogen) atoms. The van der Waals surface area contributed by atoms with Gasteiger partial charge in [-0.25, -0.2) is 4.98 Å². The van der Waals surface area contributed by atoms with Crippen LogP contribution in [0.5, 0.6) is 5.75 Å². The molecule has 0 aliphatic heterocycles. The number of carbonyl (C=O) groups is 1. The van der Waals surface area contributed by atoms with E-state index in [2.05, 4.69) is 43.4 Å². The van der Waals surface area contributed by atoms with Crippen molar-refractivity contribution in [2.75, 3.05) is 12.9 Å². The molecule has 3 rings (SSSR count). The zero-order chi connectivity index (χ0) is 19.2. The number of nitrogens with one attached hydrogen (secondary N) is 1. The largest absolute Gasteiger partial charge is 0.497 e. The van der Waals surface area contributed by atoms with Crippen LogP contribution < -0.4 is 10.1 Å². The molecule has 0 aliphatic carbocycles. The van der Waals surface area contributed by atoms with Crippen molar-refractivity contribution in [3.63, 3.8) is 0 Å². The molecule has 0 saturated carbocycles. The highest BCUT2D eigenvalue weighted by Crippen LogP contribution is 2.27. The number of aryl methyl sites for hydroxylation is 2. The van der Waals surface area contributed by atoms with Crippen molar-refractivity contribution in [2.45, 2.75) is 31.8 Å². The number of hydrogen-bond donors (Lipinski definition) is 1. The number of fused-ring (bicyclic) bond motifs is 1. The van der Waals surface area contributed by atoms with Crippen LogP contribution >= 0.6 is 11.8 Å². The van der Waals surface area contributed by atoms with Crippen LogP contribution in [-0.2, 0) is 17.8 Å². The highest BCUT2D eigenvalue weighted by atomic mass is 32.2. The second-order valence-corrected chi connectivity index (χ2v) is 7.33. The van der Waals surface area contributed by atoms with Gasteiger partial charge in [0.2, 0.25) is 5.91 Å². The number of thioether (sulfide) groups is 1. The molecule has 2 aromatic carbocycles. The standard InChI is InChI=1S/C22H24N2O2S/c1-4-17-12-18-7-5-6-15(2)21(18)24-22(17)27-14-20(25)23-13-16-8-10-19(26-3)11-9-16/h5-12H,4,13-14H2,1-3H3,(H,23,25). The number of hydrogen-bond acceptors (Lipinski definition) is 4. The van der Waals surface area contributed by atoms with Crippen molar-refractivity contribution in [1.29, 1.82) is 0 Å². The minimum absolute atomic E-state index is 0.00421. The van der Waals surface area contributed by atoms with Crippen LogP contribution in [0.25, 0.3) is 10.9 Å². The molecule has 1 heterocycles. The summed E-state index contributed by atoms with van der Waals surface area (Å²) in [5.41, 5.74) is 4.39. The summed E-state index contributed by atoms with van der Waals surface area (Å²) in [4.78, 5) is 17.1. The molecule has 0 bridgehead atoms. The SMILES string of the molecule is CCc1cc2cccc(C)c2nc1SCC(=O)NCc1ccc(OC)cc1. The van der Waals surface area contributed by atoms with E-state index in [1.54, 1.807) is 7.11 Å². The summed E-state index contributed by atoms with van der Waals surface area (Å²) < 4.78 is 5.15. The van der Waals surface area contributed by atoms with E-state index in [1.807, 2.05) is 24.3 Å². The fourth-order valence-corrected chi connectivity index (χ4v) is 3.80. The molecule has 5 heteroatoms. The fourth-order valence-electron chi connectivity index (χ4n) is 2.88. The lowest BCUT2D eigenvalue weighted by molar-refractivity contribution is -0.118. The van der Waals surface area contributed by atoms with E-state index in [1.165, 1.54) is 17.3 Å². The lowest BCUT2D eigenvalue weighted by atomic mass is 10.1. The van der Waals surface area contributed by atoms with Gasteiger partial charge in [0, 0.05) is 11.9 Å². The van der Waals surface area contributed by atoms with Crippen LogP contribution in [0, 0.1) is 6.92 Å². The number of ether oxygens (including phenoxy) is 1. The number of aromatic nitrogens is 1. The van der Waals surface area contributed by atoms with Crippen LogP contribution in [0.2, 0.25) is 0 Å². The average Bonchev–Trinajstić information content (AvgIpc) is 2.70. The molecule has 140 valence electrons. The van der Waals surface area contributed by atoms with Crippen LogP contribution in [0.15, 0.2) is 53.6 Å². The third-order valence-electron chi connectivity index (χ3n) is 4.46. The number of methoxy groups -OCH3 is 1. The maximum absolute atomic E-state index is 12.3. The second kappa shape index (κ2) is 8.91. The first kappa shape index (κ1) is 19.2. The topological polar surface area (TPSA) is 51.2 Å². The van der Waals surface area contributed by atoms with Crippen LogP contribution in [0.1, 0.15) is 23.6 Å². The van der Waals surface area contributed by atoms with Crippen molar-refractivity contribution in [1.82, 2.24) is 10.3 Å². The Morgan fingerprint density at radius 1 is 1.19 bits per heavy atom. The van der Waals surface area contributed by atoms with Gasteiger partial charge in [0.15, 0.2) is 0 Å². The van der Waals surface area contributed by atoms with E-state index in [4.69, 9.17) is 9.72 Å². The van der Waals surface area contributed by atoms with Gasteiger partial charge in [-0.2, -0.15) is 0 Å². The molecule has 0 spiro atoms. The van der Waals surface area contributed by atoms with E-state index in [-0.39, 0.29) is 5.91 Å². The molecular weight excluding hydrogens is 356 g/mol.